The van der Waals surface area contributed by atoms with Crippen molar-refractivity contribution in [1.29, 1.82) is 0 Å². The molecule has 0 unspecified atom stereocenters. The Labute approximate surface area is 158 Å². The van der Waals surface area contributed by atoms with Gasteiger partial charge in [0.15, 0.2) is 0 Å². The van der Waals surface area contributed by atoms with Gasteiger partial charge in [-0.25, -0.2) is 9.07 Å². The Morgan fingerprint density at radius 3 is 2.59 bits per heavy atom. The second-order valence-electron chi connectivity index (χ2n) is 6.63. The molecule has 0 bridgehead atoms. The first-order valence-electron chi connectivity index (χ1n) is 8.80. The summed E-state index contributed by atoms with van der Waals surface area (Å²) in [5.41, 5.74) is 2.71. The standard InChI is InChI=1S/C21H23FN4O/c1-25(2)20(17-5-3-6-18(22)14-17)15-23-21(27)13-16-7-9-19(10-8-16)26-12-4-11-24-26/h3-12,14,20H,13,15H2,1-2H3,(H,23,27)/t20-/m1/s1. The number of amides is 1. The Hall–Kier alpha value is -2.99. The number of carbonyl (C=O) groups is 1. The second-order valence-corrected chi connectivity index (χ2v) is 6.63. The minimum Gasteiger partial charge on any atom is -0.354 e. The minimum absolute atomic E-state index is 0.0647. The van der Waals surface area contributed by atoms with E-state index >= 15 is 0 Å². The largest absolute Gasteiger partial charge is 0.354 e. The molecule has 0 radical (unpaired) electrons. The Bertz CT molecular complexity index is 875. The lowest BCUT2D eigenvalue weighted by molar-refractivity contribution is -0.120. The maximum absolute atomic E-state index is 13.5. The zero-order valence-corrected chi connectivity index (χ0v) is 15.5. The van der Waals surface area contributed by atoms with Gasteiger partial charge in [-0.05, 0) is 55.6 Å². The zero-order chi connectivity index (χ0) is 19.2. The van der Waals surface area contributed by atoms with E-state index in [0.29, 0.717) is 13.0 Å². The molecule has 1 amide bonds. The first-order valence-corrected chi connectivity index (χ1v) is 8.80. The third-order valence-electron chi connectivity index (χ3n) is 4.42. The van der Waals surface area contributed by atoms with Gasteiger partial charge in [0, 0.05) is 18.9 Å². The van der Waals surface area contributed by atoms with E-state index in [4.69, 9.17) is 0 Å². The number of halogens is 1. The third-order valence-corrected chi connectivity index (χ3v) is 4.42. The van der Waals surface area contributed by atoms with Crippen molar-refractivity contribution in [1.82, 2.24) is 20.0 Å². The van der Waals surface area contributed by atoms with Crippen molar-refractivity contribution in [2.75, 3.05) is 20.6 Å². The summed E-state index contributed by atoms with van der Waals surface area (Å²) < 4.78 is 15.3. The molecule has 140 valence electrons. The van der Waals surface area contributed by atoms with Gasteiger partial charge in [-0.15, -0.1) is 0 Å². The molecule has 0 saturated carbocycles. The fourth-order valence-electron chi connectivity index (χ4n) is 2.96. The number of nitrogens with one attached hydrogen (secondary N) is 1. The van der Waals surface area contributed by atoms with Crippen LogP contribution in [0.15, 0.2) is 67.0 Å². The average Bonchev–Trinajstić information content (AvgIpc) is 3.17. The minimum atomic E-state index is -0.275. The fraction of sp³-hybridized carbons (Fsp3) is 0.238. The highest BCUT2D eigenvalue weighted by Gasteiger charge is 2.16. The molecule has 1 heterocycles. The van der Waals surface area contributed by atoms with Crippen molar-refractivity contribution < 1.29 is 9.18 Å². The molecule has 0 saturated heterocycles. The lowest BCUT2D eigenvalue weighted by Crippen LogP contribution is -2.35. The van der Waals surface area contributed by atoms with E-state index in [9.17, 15) is 9.18 Å². The Kier molecular flexibility index (Phi) is 5.98. The molecule has 2 aromatic carbocycles. The monoisotopic (exact) mass is 366 g/mol. The van der Waals surface area contributed by atoms with E-state index in [1.807, 2.05) is 61.6 Å². The molecule has 1 atom stereocenters. The van der Waals surface area contributed by atoms with Gasteiger partial charge in [-0.3, -0.25) is 4.79 Å². The normalized spacial score (nSPS) is 12.1. The number of nitrogens with zero attached hydrogens (tertiary/aromatic N) is 3. The summed E-state index contributed by atoms with van der Waals surface area (Å²) in [5, 5.41) is 7.14. The van der Waals surface area contributed by atoms with Gasteiger partial charge in [0.1, 0.15) is 5.82 Å². The average molecular weight is 366 g/mol. The molecule has 27 heavy (non-hydrogen) atoms. The zero-order valence-electron chi connectivity index (χ0n) is 15.5. The summed E-state index contributed by atoms with van der Waals surface area (Å²) in [4.78, 5) is 14.3. The summed E-state index contributed by atoms with van der Waals surface area (Å²) in [6.07, 6.45) is 3.89. The van der Waals surface area contributed by atoms with Crippen LogP contribution >= 0.6 is 0 Å². The molecule has 0 aliphatic carbocycles. The molecule has 1 aromatic heterocycles. The van der Waals surface area contributed by atoms with Crippen LogP contribution < -0.4 is 5.32 Å². The van der Waals surface area contributed by atoms with Gasteiger partial charge in [-0.2, -0.15) is 5.10 Å². The Morgan fingerprint density at radius 1 is 1.19 bits per heavy atom. The molecule has 0 aliphatic heterocycles. The molecule has 1 N–H and O–H groups in total. The number of aromatic nitrogens is 2. The van der Waals surface area contributed by atoms with Gasteiger partial charge < -0.3 is 10.2 Å². The molecular formula is C21H23FN4O. The first kappa shape index (κ1) is 18.8. The quantitative estimate of drug-likeness (QED) is 0.699. The van der Waals surface area contributed by atoms with Gasteiger partial charge in [-0.1, -0.05) is 24.3 Å². The number of carbonyl (C=O) groups excluding carboxylic acids is 1. The van der Waals surface area contributed by atoms with Crippen LogP contribution in [0.1, 0.15) is 17.2 Å². The predicted octanol–water partition coefficient (Wildman–Crippen LogP) is 2.97. The highest BCUT2D eigenvalue weighted by Crippen LogP contribution is 2.18. The van der Waals surface area contributed by atoms with Crippen LogP contribution in [0.25, 0.3) is 5.69 Å². The first-order chi connectivity index (χ1) is 13.0. The van der Waals surface area contributed by atoms with Crippen molar-refractivity contribution in [3.8, 4) is 5.69 Å². The van der Waals surface area contributed by atoms with Crippen molar-refractivity contribution >= 4 is 5.91 Å². The molecule has 6 heteroatoms. The van der Waals surface area contributed by atoms with Crippen LogP contribution in [-0.2, 0) is 11.2 Å². The van der Waals surface area contributed by atoms with Crippen LogP contribution in [0, 0.1) is 5.82 Å². The van der Waals surface area contributed by atoms with E-state index in [2.05, 4.69) is 10.4 Å². The van der Waals surface area contributed by atoms with Gasteiger partial charge in [0.2, 0.25) is 5.91 Å². The van der Waals surface area contributed by atoms with Gasteiger partial charge in [0.25, 0.3) is 0 Å². The van der Waals surface area contributed by atoms with Crippen LogP contribution in [0.2, 0.25) is 0 Å². The lowest BCUT2D eigenvalue weighted by atomic mass is 10.1. The molecule has 5 nitrogen and oxygen atoms in total. The summed E-state index contributed by atoms with van der Waals surface area (Å²) in [6, 6.07) is 16.0. The topological polar surface area (TPSA) is 50.2 Å². The van der Waals surface area contributed by atoms with Crippen molar-refractivity contribution in [3.05, 3.63) is 83.9 Å². The molecule has 0 aliphatic rings. The van der Waals surface area contributed by atoms with Crippen molar-refractivity contribution in [3.63, 3.8) is 0 Å². The van der Waals surface area contributed by atoms with E-state index < -0.39 is 0 Å². The number of hydrogen-bond donors (Lipinski definition) is 1. The van der Waals surface area contributed by atoms with Crippen LogP contribution in [-0.4, -0.2) is 41.2 Å². The molecule has 3 aromatic rings. The summed E-state index contributed by atoms with van der Waals surface area (Å²) >= 11 is 0. The number of benzene rings is 2. The Morgan fingerprint density at radius 2 is 1.96 bits per heavy atom. The van der Waals surface area contributed by atoms with Crippen molar-refractivity contribution in [2.24, 2.45) is 0 Å². The Balaban J connectivity index is 1.58. The maximum Gasteiger partial charge on any atom is 0.224 e. The highest BCUT2D eigenvalue weighted by atomic mass is 19.1. The van der Waals surface area contributed by atoms with E-state index in [0.717, 1.165) is 16.8 Å². The fourth-order valence-corrected chi connectivity index (χ4v) is 2.96. The molecule has 0 fully saturated rings. The van der Waals surface area contributed by atoms with Crippen molar-refractivity contribution in [2.45, 2.75) is 12.5 Å². The van der Waals surface area contributed by atoms with Crippen LogP contribution in [0.5, 0.6) is 0 Å². The summed E-state index contributed by atoms with van der Waals surface area (Å²) in [6.45, 7) is 0.417. The second kappa shape index (κ2) is 8.60. The third kappa shape index (κ3) is 5.01. The smallest absolute Gasteiger partial charge is 0.224 e. The van der Waals surface area contributed by atoms with Gasteiger partial charge >= 0.3 is 0 Å². The van der Waals surface area contributed by atoms with Crippen LogP contribution in [0.3, 0.4) is 0 Å². The predicted molar refractivity (Wildman–Crippen MR) is 103 cm³/mol. The number of hydrogen-bond acceptors (Lipinski definition) is 3. The summed E-state index contributed by atoms with van der Waals surface area (Å²) in [5.74, 6) is -0.340. The van der Waals surface area contributed by atoms with E-state index in [1.54, 1.807) is 16.9 Å². The number of likely N-dealkylation sites (N-methyl/N-ethyl adjacent to an activating group) is 1. The number of rotatable bonds is 7. The van der Waals surface area contributed by atoms with Gasteiger partial charge in [0.05, 0.1) is 18.2 Å². The van der Waals surface area contributed by atoms with E-state index in [-0.39, 0.29) is 17.8 Å². The highest BCUT2D eigenvalue weighted by molar-refractivity contribution is 5.78. The molecule has 0 spiro atoms. The maximum atomic E-state index is 13.5. The lowest BCUT2D eigenvalue weighted by Gasteiger charge is -2.25. The molecular weight excluding hydrogens is 343 g/mol. The van der Waals surface area contributed by atoms with Crippen LogP contribution in [0.4, 0.5) is 4.39 Å². The molecule has 3 rings (SSSR count). The SMILES string of the molecule is CN(C)[C@H](CNC(=O)Cc1ccc(-n2cccn2)cc1)c1cccc(F)c1. The summed E-state index contributed by atoms with van der Waals surface area (Å²) in [7, 11) is 3.82. The van der Waals surface area contributed by atoms with E-state index in [1.165, 1.54) is 12.1 Å².